The van der Waals surface area contributed by atoms with Gasteiger partial charge in [-0.15, -0.1) is 0 Å². The largest absolute Gasteiger partial charge is 0.504 e. The van der Waals surface area contributed by atoms with Gasteiger partial charge in [0.15, 0.2) is 34.3 Å². The number of phenols is 2. The normalized spacial score (nSPS) is 11.9. The zero-order valence-corrected chi connectivity index (χ0v) is 21.4. The Hall–Kier alpha value is -5.12. The molecule has 3 aromatic carbocycles. The Labute approximate surface area is 223 Å². The predicted molar refractivity (Wildman–Crippen MR) is 143 cm³/mol. The summed E-state index contributed by atoms with van der Waals surface area (Å²) in [6, 6.07) is 13.4. The van der Waals surface area contributed by atoms with E-state index in [-0.39, 0.29) is 17.9 Å². The van der Waals surface area contributed by atoms with Gasteiger partial charge in [0, 0.05) is 23.4 Å². The summed E-state index contributed by atoms with van der Waals surface area (Å²) in [5.74, 6) is -0.417. The molecular formula is C29H27NO9. The number of carboxylic acids is 1. The Bertz CT molecular complexity index is 1550. The van der Waals surface area contributed by atoms with Gasteiger partial charge in [-0.25, -0.2) is 4.79 Å². The minimum Gasteiger partial charge on any atom is -0.504 e. The summed E-state index contributed by atoms with van der Waals surface area (Å²) in [4.78, 5) is 24.4. The van der Waals surface area contributed by atoms with Gasteiger partial charge in [0.05, 0.1) is 21.3 Å². The fraction of sp³-hybridized carbons (Fsp3) is 0.172. The first-order valence-electron chi connectivity index (χ1n) is 11.8. The molecule has 4 rings (SSSR count). The monoisotopic (exact) mass is 533 g/mol. The number of fused-ring (bicyclic) bond motifs is 1. The molecule has 0 bridgehead atoms. The van der Waals surface area contributed by atoms with E-state index in [0.29, 0.717) is 45.1 Å². The molecule has 10 heteroatoms. The number of furan rings is 1. The zero-order valence-electron chi connectivity index (χ0n) is 21.4. The van der Waals surface area contributed by atoms with E-state index < -0.39 is 17.9 Å². The number of ether oxygens (including phenoxy) is 3. The number of methoxy groups -OCH3 is 3. The highest BCUT2D eigenvalue weighted by Crippen LogP contribution is 2.38. The number of rotatable bonds is 10. The second-order valence-corrected chi connectivity index (χ2v) is 8.54. The maximum atomic E-state index is 12.6. The van der Waals surface area contributed by atoms with Crippen molar-refractivity contribution in [2.45, 2.75) is 12.5 Å². The van der Waals surface area contributed by atoms with Gasteiger partial charge in [-0.05, 0) is 59.7 Å². The van der Waals surface area contributed by atoms with Crippen LogP contribution in [0.1, 0.15) is 11.1 Å². The predicted octanol–water partition coefficient (Wildman–Crippen LogP) is 4.36. The second kappa shape index (κ2) is 11.5. The molecule has 1 aromatic heterocycles. The summed E-state index contributed by atoms with van der Waals surface area (Å²) in [5.41, 5.74) is 2.29. The summed E-state index contributed by atoms with van der Waals surface area (Å²) in [6.07, 6.45) is 2.69. The van der Waals surface area contributed by atoms with Gasteiger partial charge in [0.2, 0.25) is 5.91 Å². The number of carbonyl (C=O) groups excluding carboxylic acids is 1. The molecule has 0 saturated heterocycles. The molecule has 10 nitrogen and oxygen atoms in total. The molecule has 4 aromatic rings. The molecule has 0 saturated carbocycles. The molecule has 1 heterocycles. The van der Waals surface area contributed by atoms with Crippen LogP contribution in [0.3, 0.4) is 0 Å². The summed E-state index contributed by atoms with van der Waals surface area (Å²) in [7, 11) is 4.62. The number of benzene rings is 3. The zero-order chi connectivity index (χ0) is 28.1. The minimum absolute atomic E-state index is 0.0913. The van der Waals surface area contributed by atoms with Crippen molar-refractivity contribution in [1.82, 2.24) is 5.32 Å². The van der Waals surface area contributed by atoms with E-state index in [0.717, 1.165) is 5.56 Å². The summed E-state index contributed by atoms with van der Waals surface area (Å²) >= 11 is 0. The van der Waals surface area contributed by atoms with Crippen LogP contribution in [0.5, 0.6) is 28.7 Å². The molecule has 0 aliphatic rings. The Morgan fingerprint density at radius 3 is 2.28 bits per heavy atom. The van der Waals surface area contributed by atoms with E-state index >= 15 is 0 Å². The van der Waals surface area contributed by atoms with Crippen molar-refractivity contribution in [3.05, 3.63) is 71.8 Å². The topological polar surface area (TPSA) is 148 Å². The molecule has 0 aliphatic heterocycles. The average Bonchev–Trinajstić information content (AvgIpc) is 3.38. The maximum absolute atomic E-state index is 12.6. The summed E-state index contributed by atoms with van der Waals surface area (Å²) in [5, 5.41) is 31.8. The van der Waals surface area contributed by atoms with E-state index in [1.54, 1.807) is 44.6 Å². The first-order chi connectivity index (χ1) is 18.7. The Morgan fingerprint density at radius 2 is 1.62 bits per heavy atom. The van der Waals surface area contributed by atoms with Gasteiger partial charge >= 0.3 is 5.97 Å². The molecule has 0 spiro atoms. The third kappa shape index (κ3) is 5.90. The molecule has 4 N–H and O–H groups in total. The number of aromatic hydroxyl groups is 2. The second-order valence-electron chi connectivity index (χ2n) is 8.54. The first kappa shape index (κ1) is 26.9. The van der Waals surface area contributed by atoms with Crippen molar-refractivity contribution in [1.29, 1.82) is 0 Å². The quantitative estimate of drug-likeness (QED) is 0.172. The Morgan fingerprint density at radius 1 is 0.897 bits per heavy atom. The number of carbonyl (C=O) groups is 2. The molecule has 1 amide bonds. The Balaban J connectivity index is 1.59. The van der Waals surface area contributed by atoms with E-state index in [1.165, 1.54) is 31.4 Å². The number of aliphatic carboxylic acids is 1. The van der Waals surface area contributed by atoms with Gasteiger partial charge in [0.1, 0.15) is 11.8 Å². The van der Waals surface area contributed by atoms with E-state index in [2.05, 4.69) is 5.32 Å². The van der Waals surface area contributed by atoms with E-state index in [9.17, 15) is 24.9 Å². The van der Waals surface area contributed by atoms with Gasteiger partial charge in [0.25, 0.3) is 0 Å². The Kier molecular flexibility index (Phi) is 7.95. The highest BCUT2D eigenvalue weighted by molar-refractivity contribution is 5.99. The van der Waals surface area contributed by atoms with Crippen LogP contribution >= 0.6 is 0 Å². The van der Waals surface area contributed by atoms with Crippen LogP contribution in [0.15, 0.2) is 65.1 Å². The van der Waals surface area contributed by atoms with Crippen LogP contribution in [0.25, 0.3) is 28.4 Å². The van der Waals surface area contributed by atoms with Crippen LogP contribution in [-0.2, 0) is 16.0 Å². The van der Waals surface area contributed by atoms with Crippen LogP contribution < -0.4 is 19.5 Å². The van der Waals surface area contributed by atoms with Crippen LogP contribution in [0.2, 0.25) is 0 Å². The lowest BCUT2D eigenvalue weighted by Crippen LogP contribution is -2.41. The fourth-order valence-corrected chi connectivity index (χ4v) is 4.07. The van der Waals surface area contributed by atoms with Crippen LogP contribution in [0, 0.1) is 0 Å². The van der Waals surface area contributed by atoms with E-state index in [1.807, 2.05) is 12.1 Å². The van der Waals surface area contributed by atoms with Gasteiger partial charge in [-0.3, -0.25) is 4.79 Å². The third-order valence-electron chi connectivity index (χ3n) is 6.08. The van der Waals surface area contributed by atoms with Gasteiger partial charge in [-0.2, -0.15) is 0 Å². The van der Waals surface area contributed by atoms with Crippen molar-refractivity contribution in [3.63, 3.8) is 0 Å². The smallest absolute Gasteiger partial charge is 0.326 e. The standard InChI is InChI=1S/C29H27NO9/c1-36-23-9-6-18(14-26(23)38-3)25-15-19-17(5-10-24(37-2)28(19)39-25)7-11-27(33)30-20(29(34)35)12-16-4-8-21(31)22(32)13-16/h4-11,13-15,20,31-32H,12H2,1-3H3,(H,30,33)(H,34,35). The molecular weight excluding hydrogens is 506 g/mol. The van der Waals surface area contributed by atoms with Crippen LogP contribution in [-0.4, -0.2) is 54.6 Å². The first-order valence-corrected chi connectivity index (χ1v) is 11.8. The van der Waals surface area contributed by atoms with E-state index in [4.69, 9.17) is 18.6 Å². The van der Waals surface area contributed by atoms with Crippen molar-refractivity contribution in [3.8, 4) is 40.1 Å². The molecule has 202 valence electrons. The average molecular weight is 534 g/mol. The lowest BCUT2D eigenvalue weighted by molar-refractivity contribution is -0.141. The molecule has 1 unspecified atom stereocenters. The molecule has 0 fully saturated rings. The van der Waals surface area contributed by atoms with Crippen molar-refractivity contribution in [2.24, 2.45) is 0 Å². The highest BCUT2D eigenvalue weighted by atomic mass is 16.5. The molecule has 0 radical (unpaired) electrons. The number of nitrogens with one attached hydrogen (secondary N) is 1. The minimum atomic E-state index is -1.26. The summed E-state index contributed by atoms with van der Waals surface area (Å²) < 4.78 is 22.2. The fourth-order valence-electron chi connectivity index (χ4n) is 4.07. The number of hydrogen-bond donors (Lipinski definition) is 4. The number of amides is 1. The van der Waals surface area contributed by atoms with Gasteiger partial charge in [-0.1, -0.05) is 12.1 Å². The lowest BCUT2D eigenvalue weighted by atomic mass is 10.0. The maximum Gasteiger partial charge on any atom is 0.326 e. The third-order valence-corrected chi connectivity index (χ3v) is 6.08. The van der Waals surface area contributed by atoms with Crippen molar-refractivity contribution in [2.75, 3.05) is 21.3 Å². The van der Waals surface area contributed by atoms with Gasteiger partial charge < -0.3 is 39.3 Å². The summed E-state index contributed by atoms with van der Waals surface area (Å²) in [6.45, 7) is 0. The lowest BCUT2D eigenvalue weighted by Gasteiger charge is -2.14. The molecule has 39 heavy (non-hydrogen) atoms. The number of hydrogen-bond acceptors (Lipinski definition) is 8. The van der Waals surface area contributed by atoms with Crippen molar-refractivity contribution < 1.29 is 43.5 Å². The van der Waals surface area contributed by atoms with Crippen molar-refractivity contribution >= 4 is 28.9 Å². The number of carboxylic acid groups (broad SMARTS) is 1. The number of phenolic OH excluding ortho intramolecular Hbond substituents is 2. The highest BCUT2D eigenvalue weighted by Gasteiger charge is 2.20. The molecule has 0 aliphatic carbocycles. The molecule has 1 atom stereocenters. The van der Waals surface area contributed by atoms with Crippen LogP contribution in [0.4, 0.5) is 0 Å². The SMILES string of the molecule is COc1ccc(-c2cc3c(C=CC(=O)NC(Cc4ccc(O)c(O)c4)C(=O)O)ccc(OC)c3o2)cc1OC.